The standard InChI is InChI=1S/C18H14Cl2F2N2O3S/c1-27-9-6-24-16-10(17(25)23-18(24)26)2-8(19)3-15(16)28(7-9)14-4-11(20)12(21)5-13(14)22/h2-5,9,28H,6-7H2,1H3,(H,23,25,26)/t9-/m1/s1. The minimum atomic E-state index is -1.48. The van der Waals surface area contributed by atoms with Crippen molar-refractivity contribution in [3.63, 3.8) is 0 Å². The second kappa shape index (κ2) is 7.18. The molecule has 0 radical (unpaired) electrons. The number of aromatic amines is 1. The summed E-state index contributed by atoms with van der Waals surface area (Å²) < 4.78 is 35.3. The Balaban J connectivity index is 2.11. The molecule has 0 fully saturated rings. The SMILES string of the molecule is CO[C@@H]1Cn2c(=O)[nH]c(=O)c3cc(Cl)cc(c32)[SH](c2cc(Cl)c(F)cc2F)C1. The smallest absolute Gasteiger partial charge is 0.328 e. The topological polar surface area (TPSA) is 64.1 Å². The Morgan fingerprint density at radius 1 is 1.14 bits per heavy atom. The van der Waals surface area contributed by atoms with Crippen molar-refractivity contribution in [2.75, 3.05) is 12.9 Å². The molecule has 10 heteroatoms. The van der Waals surface area contributed by atoms with Gasteiger partial charge < -0.3 is 4.74 Å². The molecule has 1 aliphatic rings. The lowest BCUT2D eigenvalue weighted by Gasteiger charge is -2.25. The summed E-state index contributed by atoms with van der Waals surface area (Å²) in [5.74, 6) is -1.27. The monoisotopic (exact) mass is 446 g/mol. The number of methoxy groups -OCH3 is 1. The Bertz CT molecular complexity index is 1230. The van der Waals surface area contributed by atoms with Crippen LogP contribution in [0.5, 0.6) is 0 Å². The first-order valence-electron chi connectivity index (χ1n) is 8.21. The van der Waals surface area contributed by atoms with Crippen molar-refractivity contribution >= 4 is 45.0 Å². The normalized spacial score (nSPS) is 20.3. The van der Waals surface area contributed by atoms with E-state index in [2.05, 4.69) is 4.98 Å². The van der Waals surface area contributed by atoms with E-state index in [1.807, 2.05) is 0 Å². The molecule has 4 rings (SSSR count). The number of benzene rings is 2. The number of nitrogens with zero attached hydrogens (tertiary/aromatic N) is 1. The van der Waals surface area contributed by atoms with Crippen LogP contribution in [0.15, 0.2) is 43.6 Å². The van der Waals surface area contributed by atoms with Crippen molar-refractivity contribution < 1.29 is 13.5 Å². The highest BCUT2D eigenvalue weighted by molar-refractivity contribution is 8.17. The molecule has 5 nitrogen and oxygen atoms in total. The maximum Gasteiger partial charge on any atom is 0.328 e. The predicted octanol–water partition coefficient (Wildman–Crippen LogP) is 3.72. The van der Waals surface area contributed by atoms with Gasteiger partial charge in [0.15, 0.2) is 0 Å². The maximum atomic E-state index is 14.7. The molecule has 3 aromatic rings. The number of nitrogens with one attached hydrogen (secondary N) is 1. The molecule has 28 heavy (non-hydrogen) atoms. The van der Waals surface area contributed by atoms with Crippen molar-refractivity contribution in [1.82, 2.24) is 9.55 Å². The molecule has 0 bridgehead atoms. The number of hydrogen-bond donors (Lipinski definition) is 2. The molecule has 2 aromatic carbocycles. The van der Waals surface area contributed by atoms with E-state index in [0.717, 1.165) is 6.07 Å². The highest BCUT2D eigenvalue weighted by atomic mass is 35.5. The van der Waals surface area contributed by atoms with Crippen LogP contribution in [0.2, 0.25) is 10.0 Å². The average molecular weight is 447 g/mol. The molecule has 1 unspecified atom stereocenters. The second-order valence-electron chi connectivity index (χ2n) is 6.38. The molecule has 1 aromatic heterocycles. The quantitative estimate of drug-likeness (QED) is 0.465. The molecule has 0 aliphatic carbocycles. The van der Waals surface area contributed by atoms with Crippen LogP contribution < -0.4 is 11.2 Å². The van der Waals surface area contributed by atoms with Crippen LogP contribution in [0.3, 0.4) is 0 Å². The van der Waals surface area contributed by atoms with Gasteiger partial charge in [-0.3, -0.25) is 14.3 Å². The van der Waals surface area contributed by atoms with Gasteiger partial charge in [-0.15, -0.1) is 0 Å². The first-order valence-corrected chi connectivity index (χ1v) is 10.5. The van der Waals surface area contributed by atoms with Crippen molar-refractivity contribution in [1.29, 1.82) is 0 Å². The largest absolute Gasteiger partial charge is 0.379 e. The van der Waals surface area contributed by atoms with Gasteiger partial charge in [0.1, 0.15) is 11.6 Å². The molecule has 0 saturated heterocycles. The number of thiol groups is 1. The molecule has 2 atom stereocenters. The van der Waals surface area contributed by atoms with E-state index in [1.165, 1.54) is 23.8 Å². The van der Waals surface area contributed by atoms with Crippen LogP contribution in [-0.2, 0) is 11.3 Å². The number of H-pyrrole nitrogens is 1. The molecule has 0 saturated carbocycles. The van der Waals surface area contributed by atoms with Crippen molar-refractivity contribution in [3.05, 3.63) is 66.8 Å². The highest BCUT2D eigenvalue weighted by Crippen LogP contribution is 2.51. The fraction of sp³-hybridized carbons (Fsp3) is 0.222. The van der Waals surface area contributed by atoms with Gasteiger partial charge in [0.2, 0.25) is 0 Å². The summed E-state index contributed by atoms with van der Waals surface area (Å²) in [4.78, 5) is 27.9. The Labute approximate surface area is 170 Å². The van der Waals surface area contributed by atoms with Gasteiger partial charge in [-0.25, -0.2) is 13.6 Å². The molecule has 148 valence electrons. The van der Waals surface area contributed by atoms with Crippen molar-refractivity contribution in [2.45, 2.75) is 22.4 Å². The van der Waals surface area contributed by atoms with Crippen LogP contribution in [0.25, 0.3) is 10.9 Å². The Kier molecular flexibility index (Phi) is 4.99. The van der Waals surface area contributed by atoms with Crippen molar-refractivity contribution in [3.8, 4) is 0 Å². The lowest BCUT2D eigenvalue weighted by atomic mass is 10.2. The predicted molar refractivity (Wildman–Crippen MR) is 106 cm³/mol. The minimum absolute atomic E-state index is 0.173. The van der Waals surface area contributed by atoms with Crippen LogP contribution >= 0.6 is 34.1 Å². The fourth-order valence-electron chi connectivity index (χ4n) is 3.41. The zero-order valence-electron chi connectivity index (χ0n) is 14.4. The van der Waals surface area contributed by atoms with Gasteiger partial charge in [-0.2, -0.15) is 10.9 Å². The molecule has 2 heterocycles. The zero-order chi connectivity index (χ0) is 20.2. The van der Waals surface area contributed by atoms with Crippen LogP contribution in [-0.4, -0.2) is 28.5 Å². The Hall–Kier alpha value is -1.87. The van der Waals surface area contributed by atoms with Gasteiger partial charge in [-0.1, -0.05) is 23.2 Å². The number of ether oxygens (including phenoxy) is 1. The Morgan fingerprint density at radius 2 is 1.89 bits per heavy atom. The zero-order valence-corrected chi connectivity index (χ0v) is 16.8. The first kappa shape index (κ1) is 19.4. The summed E-state index contributed by atoms with van der Waals surface area (Å²) in [6.45, 7) is 0.173. The summed E-state index contributed by atoms with van der Waals surface area (Å²) in [5, 5.41) is 0.286. The van der Waals surface area contributed by atoms with Crippen LogP contribution in [0.4, 0.5) is 8.78 Å². The van der Waals surface area contributed by atoms with Gasteiger partial charge in [0, 0.05) is 33.7 Å². The number of rotatable bonds is 2. The van der Waals surface area contributed by atoms with E-state index in [0.29, 0.717) is 16.2 Å². The lowest BCUT2D eigenvalue weighted by molar-refractivity contribution is 0.107. The summed E-state index contributed by atoms with van der Waals surface area (Å²) in [5.41, 5.74) is -0.787. The molecular formula is C18H14Cl2F2N2O3S. The third kappa shape index (κ3) is 3.14. The summed E-state index contributed by atoms with van der Waals surface area (Å²) in [6, 6.07) is 5.06. The summed E-state index contributed by atoms with van der Waals surface area (Å²) in [7, 11) is 0.00686. The van der Waals surface area contributed by atoms with Gasteiger partial charge in [0.25, 0.3) is 5.56 Å². The van der Waals surface area contributed by atoms with Crippen LogP contribution in [0.1, 0.15) is 0 Å². The van der Waals surface area contributed by atoms with Crippen molar-refractivity contribution in [2.24, 2.45) is 0 Å². The van der Waals surface area contributed by atoms with E-state index in [4.69, 9.17) is 27.9 Å². The van der Waals surface area contributed by atoms with Gasteiger partial charge in [0.05, 0.1) is 28.6 Å². The van der Waals surface area contributed by atoms with Crippen LogP contribution in [0, 0.1) is 11.6 Å². The second-order valence-corrected chi connectivity index (χ2v) is 9.41. The molecule has 0 spiro atoms. The summed E-state index contributed by atoms with van der Waals surface area (Å²) >= 11 is 12.1. The highest BCUT2D eigenvalue weighted by Gasteiger charge is 2.29. The minimum Gasteiger partial charge on any atom is -0.379 e. The van der Waals surface area contributed by atoms with E-state index in [1.54, 1.807) is 6.07 Å². The fourth-order valence-corrected chi connectivity index (χ4v) is 6.67. The number of halogens is 4. The third-order valence-corrected chi connectivity index (χ3v) is 7.84. The van der Waals surface area contributed by atoms with Gasteiger partial charge >= 0.3 is 5.69 Å². The molecule has 1 aliphatic heterocycles. The van der Waals surface area contributed by atoms with E-state index < -0.39 is 39.9 Å². The maximum absolute atomic E-state index is 14.7. The first-order chi connectivity index (χ1) is 13.3. The molecular weight excluding hydrogens is 433 g/mol. The molecule has 1 N–H and O–H groups in total. The average Bonchev–Trinajstić information content (AvgIpc) is 2.80. The Morgan fingerprint density at radius 3 is 2.61 bits per heavy atom. The molecule has 0 amide bonds. The summed E-state index contributed by atoms with van der Waals surface area (Å²) in [6.07, 6.45) is -0.438. The van der Waals surface area contributed by atoms with E-state index >= 15 is 0 Å². The third-order valence-electron chi connectivity index (χ3n) is 4.71. The van der Waals surface area contributed by atoms with Gasteiger partial charge in [-0.05, 0) is 18.2 Å². The number of hydrogen-bond acceptors (Lipinski definition) is 3. The van der Waals surface area contributed by atoms with E-state index in [9.17, 15) is 18.4 Å². The van der Waals surface area contributed by atoms with E-state index in [-0.39, 0.29) is 26.9 Å². The lowest BCUT2D eigenvalue weighted by Crippen LogP contribution is -2.34. The number of aromatic nitrogens is 2.